The van der Waals surface area contributed by atoms with Gasteiger partial charge in [0, 0.05) is 56.6 Å². The summed E-state index contributed by atoms with van der Waals surface area (Å²) < 4.78 is 40.8. The second-order valence-corrected chi connectivity index (χ2v) is 8.53. The van der Waals surface area contributed by atoms with Gasteiger partial charge in [-0.15, -0.1) is 0 Å². The number of benzene rings is 1. The molecule has 184 valence electrons. The van der Waals surface area contributed by atoms with Crippen molar-refractivity contribution in [2.24, 2.45) is 10.7 Å². The van der Waals surface area contributed by atoms with Crippen LogP contribution in [-0.2, 0) is 0 Å². The molecule has 10 heteroatoms. The summed E-state index contributed by atoms with van der Waals surface area (Å²) in [5.41, 5.74) is 6.18. The zero-order valence-corrected chi connectivity index (χ0v) is 19.9. The van der Waals surface area contributed by atoms with E-state index in [1.165, 1.54) is 25.4 Å². The Labute approximate surface area is 197 Å². The minimum atomic E-state index is -2.94. The molecule has 2 aromatic rings. The number of carbonyl (C=O) groups excluding carboxylic acids is 1. The molecule has 7 nitrogen and oxygen atoms in total. The maximum atomic E-state index is 14.6. The maximum absolute atomic E-state index is 14.6. The third kappa shape index (κ3) is 5.49. The molecule has 1 amide bonds. The van der Waals surface area contributed by atoms with Crippen molar-refractivity contribution in [3.05, 3.63) is 58.5 Å². The van der Waals surface area contributed by atoms with Crippen molar-refractivity contribution in [1.82, 2.24) is 15.2 Å². The molecule has 0 spiro atoms. The molecule has 34 heavy (non-hydrogen) atoms. The van der Waals surface area contributed by atoms with E-state index in [-0.39, 0.29) is 17.0 Å². The van der Waals surface area contributed by atoms with Crippen molar-refractivity contribution in [3.63, 3.8) is 0 Å². The third-order valence-corrected chi connectivity index (χ3v) is 6.08. The van der Waals surface area contributed by atoms with Crippen molar-refractivity contribution in [2.45, 2.75) is 39.3 Å². The highest BCUT2D eigenvalue weighted by molar-refractivity contribution is 6.09. The van der Waals surface area contributed by atoms with Gasteiger partial charge in [0.1, 0.15) is 17.5 Å². The van der Waals surface area contributed by atoms with Crippen molar-refractivity contribution < 1.29 is 18.0 Å². The Morgan fingerprint density at radius 1 is 1.12 bits per heavy atom. The van der Waals surface area contributed by atoms with E-state index in [1.54, 1.807) is 13.0 Å². The van der Waals surface area contributed by atoms with Crippen LogP contribution in [0.5, 0.6) is 0 Å². The number of amidine groups is 1. The number of amides is 1. The van der Waals surface area contributed by atoms with E-state index in [1.807, 2.05) is 0 Å². The minimum absolute atomic E-state index is 0.00123. The van der Waals surface area contributed by atoms with Crippen molar-refractivity contribution in [3.8, 4) is 0 Å². The summed E-state index contributed by atoms with van der Waals surface area (Å²) in [6.07, 6.45) is -1.49. The van der Waals surface area contributed by atoms with Gasteiger partial charge in [-0.3, -0.25) is 14.7 Å². The molecule has 1 fully saturated rings. The van der Waals surface area contributed by atoms with Gasteiger partial charge in [0.05, 0.1) is 17.2 Å². The van der Waals surface area contributed by atoms with Gasteiger partial charge in [0.15, 0.2) is 0 Å². The Bertz CT molecular complexity index is 1050. The SMILES string of the molecule is CNC(=O)c1cnc(N2CCN(C(C)C)CC2)cc1C(N)=N[C@H](C)c1cccc(C(F)F)c1F. The molecule has 1 aromatic heterocycles. The van der Waals surface area contributed by atoms with Crippen LogP contribution in [0.15, 0.2) is 35.5 Å². The molecule has 1 aliphatic heterocycles. The van der Waals surface area contributed by atoms with Crippen LogP contribution in [0.4, 0.5) is 19.0 Å². The number of nitrogens with two attached hydrogens (primary N) is 1. The van der Waals surface area contributed by atoms with Gasteiger partial charge in [0.25, 0.3) is 12.3 Å². The molecule has 0 radical (unpaired) electrons. The molecule has 1 aromatic carbocycles. The lowest BCUT2D eigenvalue weighted by atomic mass is 10.0. The third-order valence-electron chi connectivity index (χ3n) is 6.08. The van der Waals surface area contributed by atoms with Crippen molar-refractivity contribution in [2.75, 3.05) is 38.1 Å². The van der Waals surface area contributed by atoms with Crippen LogP contribution in [0.1, 0.15) is 60.3 Å². The summed E-state index contributed by atoms with van der Waals surface area (Å²) in [4.78, 5) is 25.7. The van der Waals surface area contributed by atoms with Crippen LogP contribution < -0.4 is 16.0 Å². The lowest BCUT2D eigenvalue weighted by Gasteiger charge is -2.37. The first-order chi connectivity index (χ1) is 16.1. The Morgan fingerprint density at radius 3 is 2.35 bits per heavy atom. The number of nitrogens with zero attached hydrogens (tertiary/aromatic N) is 4. The summed E-state index contributed by atoms with van der Waals surface area (Å²) in [5, 5.41) is 2.55. The average Bonchev–Trinajstić information content (AvgIpc) is 2.83. The number of aliphatic imine (C=N–C) groups is 1. The number of aromatic nitrogens is 1. The largest absolute Gasteiger partial charge is 0.383 e. The van der Waals surface area contributed by atoms with Gasteiger partial charge in [0.2, 0.25) is 0 Å². The average molecular weight is 477 g/mol. The topological polar surface area (TPSA) is 86.9 Å². The molecule has 1 saturated heterocycles. The highest BCUT2D eigenvalue weighted by Crippen LogP contribution is 2.29. The number of pyridine rings is 1. The maximum Gasteiger partial charge on any atom is 0.266 e. The number of anilines is 1. The summed E-state index contributed by atoms with van der Waals surface area (Å²) >= 11 is 0. The molecule has 0 unspecified atom stereocenters. The molecule has 0 bridgehead atoms. The van der Waals surface area contributed by atoms with Gasteiger partial charge in [-0.2, -0.15) is 0 Å². The van der Waals surface area contributed by atoms with Crippen LogP contribution in [0.25, 0.3) is 0 Å². The van der Waals surface area contributed by atoms with Gasteiger partial charge < -0.3 is 16.0 Å². The van der Waals surface area contributed by atoms with Crippen LogP contribution >= 0.6 is 0 Å². The number of rotatable bonds is 7. The molecular weight excluding hydrogens is 445 g/mol. The van der Waals surface area contributed by atoms with Gasteiger partial charge in [-0.1, -0.05) is 18.2 Å². The van der Waals surface area contributed by atoms with Gasteiger partial charge >= 0.3 is 0 Å². The number of halogens is 3. The van der Waals surface area contributed by atoms with Crippen LogP contribution in [0.3, 0.4) is 0 Å². The predicted molar refractivity (Wildman–Crippen MR) is 127 cm³/mol. The van der Waals surface area contributed by atoms with Crippen LogP contribution in [-0.4, -0.2) is 60.9 Å². The first kappa shape index (κ1) is 25.5. The fraction of sp³-hybridized carbons (Fsp3) is 0.458. The smallest absolute Gasteiger partial charge is 0.266 e. The molecule has 2 heterocycles. The summed E-state index contributed by atoms with van der Waals surface area (Å²) in [7, 11) is 1.49. The molecular formula is C24H31F3N6O. The number of nitrogens with one attached hydrogen (secondary N) is 1. The molecule has 1 atom stereocenters. The van der Waals surface area contributed by atoms with Crippen LogP contribution in [0.2, 0.25) is 0 Å². The highest BCUT2D eigenvalue weighted by Gasteiger charge is 2.23. The first-order valence-corrected chi connectivity index (χ1v) is 11.2. The lowest BCUT2D eigenvalue weighted by molar-refractivity contribution is 0.0962. The molecule has 3 rings (SSSR count). The normalized spacial score (nSPS) is 16.3. The molecule has 3 N–H and O–H groups in total. The van der Waals surface area contributed by atoms with E-state index < -0.39 is 29.8 Å². The predicted octanol–water partition coefficient (Wildman–Crippen LogP) is 3.51. The summed E-state index contributed by atoms with van der Waals surface area (Å²) in [5.74, 6) is -0.748. The second-order valence-electron chi connectivity index (χ2n) is 8.53. The fourth-order valence-corrected chi connectivity index (χ4v) is 4.02. The van der Waals surface area contributed by atoms with Gasteiger partial charge in [-0.05, 0) is 26.8 Å². The molecule has 0 saturated carbocycles. The monoisotopic (exact) mass is 476 g/mol. The van der Waals surface area contributed by atoms with E-state index >= 15 is 0 Å². The minimum Gasteiger partial charge on any atom is -0.383 e. The number of piperazine rings is 1. The Kier molecular flexibility index (Phi) is 8.14. The Balaban J connectivity index is 1.95. The zero-order chi connectivity index (χ0) is 25.0. The van der Waals surface area contributed by atoms with E-state index in [9.17, 15) is 18.0 Å². The standard InChI is InChI=1S/C24H31F3N6O/c1-14(2)32-8-10-33(11-9-32)20-12-18(19(13-30-20)24(34)29-4)23(28)31-15(3)16-6-5-7-17(21(16)25)22(26)27/h5-7,12-15,22H,8-11H2,1-4H3,(H2,28,31)(H,29,34)/t15-/m1/s1. The Hall–Kier alpha value is -3.14. The lowest BCUT2D eigenvalue weighted by Crippen LogP contribution is -2.49. The second kappa shape index (κ2) is 10.9. The summed E-state index contributed by atoms with van der Waals surface area (Å²) in [6.45, 7) is 9.17. The van der Waals surface area contributed by atoms with Crippen LogP contribution in [0, 0.1) is 5.82 Å². The molecule has 0 aliphatic carbocycles. The zero-order valence-electron chi connectivity index (χ0n) is 19.9. The van der Waals surface area contributed by atoms with Crippen molar-refractivity contribution in [1.29, 1.82) is 0 Å². The Morgan fingerprint density at radius 2 is 1.76 bits per heavy atom. The van der Waals surface area contributed by atoms with Crippen molar-refractivity contribution >= 4 is 17.6 Å². The highest BCUT2D eigenvalue weighted by atomic mass is 19.3. The number of alkyl halides is 2. The molecule has 1 aliphatic rings. The van der Waals surface area contributed by atoms with E-state index in [4.69, 9.17) is 5.73 Å². The van der Waals surface area contributed by atoms with E-state index in [0.29, 0.717) is 17.4 Å². The fourth-order valence-electron chi connectivity index (χ4n) is 4.02. The number of hydrogen-bond donors (Lipinski definition) is 2. The summed E-state index contributed by atoms with van der Waals surface area (Å²) in [6, 6.07) is 5.11. The van der Waals surface area contributed by atoms with E-state index in [0.717, 1.165) is 32.2 Å². The van der Waals surface area contributed by atoms with E-state index in [2.05, 4.69) is 38.9 Å². The first-order valence-electron chi connectivity index (χ1n) is 11.2. The quantitative estimate of drug-likeness (QED) is 0.472. The van der Waals surface area contributed by atoms with Gasteiger partial charge in [-0.25, -0.2) is 18.2 Å². The number of hydrogen-bond acceptors (Lipinski definition) is 5. The number of carbonyl (C=O) groups is 1.